The molecule has 0 atom stereocenters. The number of para-hydroxylation sites is 2. The minimum atomic E-state index is -2.54. The average Bonchev–Trinajstić information content (AvgIpc) is 3.85. The number of rotatable bonds is 6. The molecule has 1 fully saturated rings. The van der Waals surface area contributed by atoms with Gasteiger partial charge in [0.2, 0.25) is 0 Å². The first-order valence-electron chi connectivity index (χ1n) is 18.8. The van der Waals surface area contributed by atoms with E-state index in [1.54, 1.807) is 0 Å². The summed E-state index contributed by atoms with van der Waals surface area (Å²) in [7, 11) is -2.54. The van der Waals surface area contributed by atoms with Crippen molar-refractivity contribution >= 4 is 29.0 Å². The third kappa shape index (κ3) is 8.49. The predicted molar refractivity (Wildman–Crippen MR) is 228 cm³/mol. The number of hydrogen-bond donors (Lipinski definition) is 0. The molecule has 2 aromatic heterocycles. The number of benzene rings is 5. The highest BCUT2D eigenvalue weighted by atomic mass is 28.3. The van der Waals surface area contributed by atoms with Gasteiger partial charge >= 0.3 is 0 Å². The van der Waals surface area contributed by atoms with E-state index in [2.05, 4.69) is 189 Å². The Hall–Kier alpha value is -5.12. The lowest BCUT2D eigenvalue weighted by Gasteiger charge is -2.40. The van der Waals surface area contributed by atoms with Gasteiger partial charge in [-0.2, -0.15) is 0 Å². The molecular formula is C49H56N2Si. The molecule has 52 heavy (non-hydrogen) atoms. The van der Waals surface area contributed by atoms with E-state index in [4.69, 9.17) is 0 Å². The number of nitrogens with zero attached hydrogens (tertiary/aromatic N) is 2. The zero-order chi connectivity index (χ0) is 36.4. The van der Waals surface area contributed by atoms with Crippen LogP contribution in [0.15, 0.2) is 188 Å². The molecule has 8 rings (SSSR count). The molecule has 0 amide bonds. The van der Waals surface area contributed by atoms with Gasteiger partial charge in [-0.15, -0.1) is 0 Å². The molecule has 0 unspecified atom stereocenters. The molecule has 0 N–H and O–H groups in total. The van der Waals surface area contributed by atoms with Crippen molar-refractivity contribution in [2.45, 2.75) is 60.3 Å². The quantitative estimate of drug-likeness (QED) is 0.121. The van der Waals surface area contributed by atoms with Crippen molar-refractivity contribution in [2.24, 2.45) is 10.8 Å². The molecule has 0 radical (unpaired) electrons. The minimum Gasteiger partial charge on any atom is -0.324 e. The Bertz CT molecular complexity index is 1960. The molecule has 0 bridgehead atoms. The van der Waals surface area contributed by atoms with Gasteiger partial charge < -0.3 is 9.13 Å². The molecule has 5 aromatic carbocycles. The summed E-state index contributed by atoms with van der Waals surface area (Å²) in [5.41, 5.74) is 4.89. The standard InChI is InChI=1S/C29H25NSi.C10H9N.C10H20.H2/c1-24-22-23-29(30(24)25-14-6-2-7-15-25)31(26-16-8-3-9-17-26,27-18-10-4-11-19-27)28-20-12-5-13-21-28;1-2-6-10(7-3-1)11-8-4-5-9-11;1-9(2)6-5-7-10(3,4)8-9;/h2-23H,1H3;1-9H;5-8H2,1-4H3;1H. The Labute approximate surface area is 314 Å². The van der Waals surface area contributed by atoms with E-state index in [0.717, 1.165) is 0 Å². The number of aromatic nitrogens is 2. The van der Waals surface area contributed by atoms with E-state index in [1.807, 2.05) is 42.7 Å². The fourth-order valence-corrected chi connectivity index (χ4v) is 13.3. The molecule has 1 aliphatic carbocycles. The van der Waals surface area contributed by atoms with Crippen LogP contribution in [0.2, 0.25) is 0 Å². The van der Waals surface area contributed by atoms with E-state index in [1.165, 1.54) is 63.6 Å². The molecular weight excluding hydrogens is 645 g/mol. The van der Waals surface area contributed by atoms with E-state index in [9.17, 15) is 0 Å². The first-order chi connectivity index (χ1) is 25.2. The van der Waals surface area contributed by atoms with Crippen LogP contribution in [0.25, 0.3) is 11.4 Å². The zero-order valence-electron chi connectivity index (χ0n) is 31.6. The third-order valence-electron chi connectivity index (χ3n) is 10.4. The average molecular weight is 701 g/mol. The van der Waals surface area contributed by atoms with Crippen molar-refractivity contribution in [1.29, 1.82) is 0 Å². The van der Waals surface area contributed by atoms with Crippen LogP contribution < -0.4 is 20.9 Å². The highest BCUT2D eigenvalue weighted by Gasteiger charge is 2.44. The van der Waals surface area contributed by atoms with Crippen molar-refractivity contribution in [2.75, 3.05) is 0 Å². The van der Waals surface area contributed by atoms with Crippen LogP contribution in [0.5, 0.6) is 0 Å². The van der Waals surface area contributed by atoms with Crippen molar-refractivity contribution < 1.29 is 1.43 Å². The van der Waals surface area contributed by atoms with Crippen LogP contribution >= 0.6 is 0 Å². The van der Waals surface area contributed by atoms with Gasteiger partial charge in [-0.3, -0.25) is 0 Å². The second-order valence-corrected chi connectivity index (χ2v) is 19.4. The maximum atomic E-state index is 2.46. The molecule has 266 valence electrons. The summed E-state index contributed by atoms with van der Waals surface area (Å²) in [4.78, 5) is 0. The second-order valence-electron chi connectivity index (χ2n) is 15.7. The Morgan fingerprint density at radius 1 is 0.462 bits per heavy atom. The summed E-state index contributed by atoms with van der Waals surface area (Å²) >= 11 is 0. The Morgan fingerprint density at radius 3 is 1.23 bits per heavy atom. The Morgan fingerprint density at radius 2 is 0.846 bits per heavy atom. The van der Waals surface area contributed by atoms with Gasteiger partial charge in [0.1, 0.15) is 0 Å². The molecule has 1 aliphatic rings. The molecule has 1 saturated carbocycles. The first kappa shape index (κ1) is 36.7. The van der Waals surface area contributed by atoms with Gasteiger partial charge in [0.25, 0.3) is 0 Å². The van der Waals surface area contributed by atoms with Gasteiger partial charge in [0.05, 0.1) is 0 Å². The van der Waals surface area contributed by atoms with Crippen LogP contribution in [-0.2, 0) is 0 Å². The first-order valence-corrected chi connectivity index (χ1v) is 20.8. The van der Waals surface area contributed by atoms with Crippen molar-refractivity contribution in [3.05, 3.63) is 194 Å². The van der Waals surface area contributed by atoms with Crippen molar-refractivity contribution in [3.8, 4) is 11.4 Å². The summed E-state index contributed by atoms with van der Waals surface area (Å²) in [5.74, 6) is 0. The minimum absolute atomic E-state index is 0. The lowest BCUT2D eigenvalue weighted by atomic mass is 9.65. The Kier molecular flexibility index (Phi) is 11.6. The lowest BCUT2D eigenvalue weighted by molar-refractivity contribution is 0.116. The molecule has 0 aliphatic heterocycles. The summed E-state index contributed by atoms with van der Waals surface area (Å²) in [5, 5.41) is 5.55. The van der Waals surface area contributed by atoms with Crippen LogP contribution in [0.3, 0.4) is 0 Å². The summed E-state index contributed by atoms with van der Waals surface area (Å²) in [6.45, 7) is 11.8. The molecule has 0 spiro atoms. The second kappa shape index (κ2) is 16.5. The van der Waals surface area contributed by atoms with Gasteiger partial charge in [-0.05, 0) is 101 Å². The third-order valence-corrected chi connectivity index (χ3v) is 15.2. The molecule has 2 heterocycles. The van der Waals surface area contributed by atoms with E-state index in [-0.39, 0.29) is 1.43 Å². The summed E-state index contributed by atoms with van der Waals surface area (Å²) < 4.78 is 4.54. The van der Waals surface area contributed by atoms with Crippen LogP contribution in [-0.4, -0.2) is 17.2 Å². The number of hydrogen-bond acceptors (Lipinski definition) is 0. The normalized spacial score (nSPS) is 14.6. The summed E-state index contributed by atoms with van der Waals surface area (Å²) in [6.07, 6.45) is 9.76. The fraction of sp³-hybridized carbons (Fsp3) is 0.224. The van der Waals surface area contributed by atoms with E-state index >= 15 is 0 Å². The SMILES string of the molecule is CC1(C)CCCC(C)(C)C1.Cc1ccc([Si](c2ccccc2)(c2ccccc2)c2ccccc2)n1-c1ccccc1.[HH].c1ccc(-n2cccc2)cc1. The largest absolute Gasteiger partial charge is 0.324 e. The molecule has 7 aromatic rings. The van der Waals surface area contributed by atoms with Crippen molar-refractivity contribution in [1.82, 2.24) is 9.13 Å². The highest BCUT2D eigenvalue weighted by Crippen LogP contribution is 2.45. The summed E-state index contributed by atoms with van der Waals surface area (Å²) in [6, 6.07) is 62.9. The smallest absolute Gasteiger partial charge is 0.199 e. The maximum Gasteiger partial charge on any atom is 0.199 e. The zero-order valence-corrected chi connectivity index (χ0v) is 32.6. The number of aryl methyl sites for hydroxylation is 1. The van der Waals surface area contributed by atoms with Gasteiger partial charge in [-0.1, -0.05) is 162 Å². The lowest BCUT2D eigenvalue weighted by Crippen LogP contribution is -2.76. The van der Waals surface area contributed by atoms with Crippen LogP contribution in [0.1, 0.15) is 60.5 Å². The van der Waals surface area contributed by atoms with Gasteiger partial charge in [-0.25, -0.2) is 0 Å². The molecule has 3 heteroatoms. The molecule has 2 nitrogen and oxygen atoms in total. The predicted octanol–water partition coefficient (Wildman–Crippen LogP) is 10.5. The van der Waals surface area contributed by atoms with Crippen molar-refractivity contribution in [3.63, 3.8) is 0 Å². The fourth-order valence-electron chi connectivity index (χ4n) is 8.38. The topological polar surface area (TPSA) is 9.86 Å². The maximum absolute atomic E-state index is 2.54. The molecule has 0 saturated heterocycles. The van der Waals surface area contributed by atoms with E-state index < -0.39 is 8.07 Å². The highest BCUT2D eigenvalue weighted by molar-refractivity contribution is 7.19. The van der Waals surface area contributed by atoms with Gasteiger partial charge in [0, 0.05) is 36.2 Å². The Balaban J connectivity index is 0.000000200. The van der Waals surface area contributed by atoms with Gasteiger partial charge in [0.15, 0.2) is 8.07 Å². The monoisotopic (exact) mass is 700 g/mol. The van der Waals surface area contributed by atoms with Crippen LogP contribution in [0, 0.1) is 17.8 Å². The van der Waals surface area contributed by atoms with Crippen LogP contribution in [0.4, 0.5) is 0 Å². The van der Waals surface area contributed by atoms with E-state index in [0.29, 0.717) is 10.8 Å².